The Bertz CT molecular complexity index is 779. The number of furan rings is 1. The third-order valence-corrected chi connectivity index (χ3v) is 3.45. The number of tetrazole rings is 1. The Hall–Kier alpha value is -2.96. The highest BCUT2D eigenvalue weighted by atomic mass is 16.3. The summed E-state index contributed by atoms with van der Waals surface area (Å²) in [7, 11) is 0. The molecular weight excluding hydrogens is 294 g/mol. The van der Waals surface area contributed by atoms with Gasteiger partial charge in [0.05, 0.1) is 6.26 Å². The van der Waals surface area contributed by atoms with Crippen molar-refractivity contribution in [1.82, 2.24) is 25.5 Å². The van der Waals surface area contributed by atoms with Gasteiger partial charge in [-0.2, -0.15) is 0 Å². The summed E-state index contributed by atoms with van der Waals surface area (Å²) >= 11 is 0. The van der Waals surface area contributed by atoms with Crippen molar-refractivity contribution in [1.29, 1.82) is 0 Å². The summed E-state index contributed by atoms with van der Waals surface area (Å²) in [6.45, 7) is 3.15. The summed E-state index contributed by atoms with van der Waals surface area (Å²) in [5.74, 6) is 1.37. The number of carbonyl (C=O) groups excluding carboxylic acids is 1. The van der Waals surface area contributed by atoms with Crippen LogP contribution in [0.4, 0.5) is 0 Å². The minimum absolute atomic E-state index is 0.131. The van der Waals surface area contributed by atoms with Crippen LogP contribution >= 0.6 is 0 Å². The Balaban J connectivity index is 1.68. The quantitative estimate of drug-likeness (QED) is 0.751. The molecule has 0 saturated carbocycles. The fourth-order valence-corrected chi connectivity index (χ4v) is 2.28. The molecule has 0 saturated heterocycles. The van der Waals surface area contributed by atoms with E-state index in [2.05, 4.69) is 20.8 Å². The lowest BCUT2D eigenvalue weighted by Gasteiger charge is -2.06. The topological polar surface area (TPSA) is 85.8 Å². The van der Waals surface area contributed by atoms with Gasteiger partial charge in [-0.3, -0.25) is 4.79 Å². The molecule has 2 heterocycles. The molecule has 0 aliphatic heterocycles. The van der Waals surface area contributed by atoms with Gasteiger partial charge in [0, 0.05) is 30.6 Å². The van der Waals surface area contributed by atoms with Crippen LogP contribution in [-0.2, 0) is 13.0 Å². The number of aromatic nitrogens is 4. The molecule has 1 amide bonds. The van der Waals surface area contributed by atoms with E-state index in [9.17, 15) is 4.79 Å². The molecule has 3 aromatic rings. The van der Waals surface area contributed by atoms with E-state index in [4.69, 9.17) is 4.42 Å². The smallest absolute Gasteiger partial charge is 0.251 e. The summed E-state index contributed by atoms with van der Waals surface area (Å²) in [6.07, 6.45) is 2.28. The van der Waals surface area contributed by atoms with Crippen LogP contribution in [-0.4, -0.2) is 32.7 Å². The average molecular weight is 311 g/mol. The second kappa shape index (κ2) is 6.87. The molecule has 23 heavy (non-hydrogen) atoms. The molecule has 3 rings (SSSR count). The molecule has 0 bridgehead atoms. The van der Waals surface area contributed by atoms with Crippen molar-refractivity contribution in [3.63, 3.8) is 0 Å². The molecule has 0 atom stereocenters. The van der Waals surface area contributed by atoms with Gasteiger partial charge in [0.1, 0.15) is 5.76 Å². The monoisotopic (exact) mass is 311 g/mol. The molecule has 0 aliphatic rings. The molecule has 0 spiro atoms. The van der Waals surface area contributed by atoms with Gasteiger partial charge < -0.3 is 9.73 Å². The van der Waals surface area contributed by atoms with Crippen LogP contribution in [0.3, 0.4) is 0 Å². The predicted molar refractivity (Wildman–Crippen MR) is 83.7 cm³/mol. The van der Waals surface area contributed by atoms with Crippen molar-refractivity contribution >= 4 is 5.91 Å². The molecular formula is C16H17N5O2. The van der Waals surface area contributed by atoms with Gasteiger partial charge in [-0.25, -0.2) is 4.68 Å². The Morgan fingerprint density at radius 3 is 3.00 bits per heavy atom. The van der Waals surface area contributed by atoms with Gasteiger partial charge in [-0.1, -0.05) is 12.1 Å². The molecule has 0 fully saturated rings. The SMILES string of the molecule is CCn1nnnc1-c1cccc(C(=O)NCCc2ccco2)c1. The largest absolute Gasteiger partial charge is 0.469 e. The zero-order valence-electron chi connectivity index (χ0n) is 12.8. The number of carbonyl (C=O) groups is 1. The predicted octanol–water partition coefficient (Wildman–Crippen LogP) is 1.93. The van der Waals surface area contributed by atoms with E-state index < -0.39 is 0 Å². The number of rotatable bonds is 6. The van der Waals surface area contributed by atoms with Gasteiger partial charge in [0.25, 0.3) is 5.91 Å². The third-order valence-electron chi connectivity index (χ3n) is 3.45. The highest BCUT2D eigenvalue weighted by molar-refractivity contribution is 5.95. The molecule has 7 heteroatoms. The maximum Gasteiger partial charge on any atom is 0.251 e. The van der Waals surface area contributed by atoms with Crippen LogP contribution in [0.15, 0.2) is 47.1 Å². The lowest BCUT2D eigenvalue weighted by atomic mass is 10.1. The van der Waals surface area contributed by atoms with Crippen molar-refractivity contribution in [3.8, 4) is 11.4 Å². The van der Waals surface area contributed by atoms with Crippen LogP contribution in [0.5, 0.6) is 0 Å². The summed E-state index contributed by atoms with van der Waals surface area (Å²) in [4.78, 5) is 12.2. The summed E-state index contributed by atoms with van der Waals surface area (Å²) in [5, 5.41) is 14.5. The van der Waals surface area contributed by atoms with Crippen LogP contribution in [0, 0.1) is 0 Å². The highest BCUT2D eigenvalue weighted by Gasteiger charge is 2.11. The van der Waals surface area contributed by atoms with Gasteiger partial charge in [0.2, 0.25) is 0 Å². The minimum Gasteiger partial charge on any atom is -0.469 e. The van der Waals surface area contributed by atoms with E-state index in [1.165, 1.54) is 0 Å². The fraction of sp³-hybridized carbons (Fsp3) is 0.250. The average Bonchev–Trinajstić information content (AvgIpc) is 3.26. The number of hydrogen-bond acceptors (Lipinski definition) is 5. The van der Waals surface area contributed by atoms with Crippen LogP contribution in [0.2, 0.25) is 0 Å². The second-order valence-corrected chi connectivity index (χ2v) is 4.98. The Morgan fingerprint density at radius 1 is 1.30 bits per heavy atom. The number of nitrogens with one attached hydrogen (secondary N) is 1. The van der Waals surface area contributed by atoms with Crippen molar-refractivity contribution < 1.29 is 9.21 Å². The molecule has 7 nitrogen and oxygen atoms in total. The normalized spacial score (nSPS) is 10.7. The molecule has 0 unspecified atom stereocenters. The van der Waals surface area contributed by atoms with E-state index in [0.29, 0.717) is 30.9 Å². The van der Waals surface area contributed by atoms with Crippen molar-refractivity contribution in [2.45, 2.75) is 19.9 Å². The molecule has 1 N–H and O–H groups in total. The standard InChI is InChI=1S/C16H17N5O2/c1-2-21-15(18-19-20-21)12-5-3-6-13(11-12)16(22)17-9-8-14-7-4-10-23-14/h3-7,10-11H,2,8-9H2,1H3,(H,17,22). The van der Waals surface area contributed by atoms with E-state index in [1.807, 2.05) is 31.2 Å². The first-order valence-electron chi connectivity index (χ1n) is 7.45. The Kier molecular flexibility index (Phi) is 4.46. The number of hydrogen-bond donors (Lipinski definition) is 1. The van der Waals surface area contributed by atoms with E-state index in [0.717, 1.165) is 11.3 Å². The van der Waals surface area contributed by atoms with Crippen LogP contribution in [0.25, 0.3) is 11.4 Å². The number of benzene rings is 1. The molecule has 0 aliphatic carbocycles. The van der Waals surface area contributed by atoms with Gasteiger partial charge in [0.15, 0.2) is 5.82 Å². The van der Waals surface area contributed by atoms with Crippen LogP contribution in [0.1, 0.15) is 23.0 Å². The van der Waals surface area contributed by atoms with Crippen LogP contribution < -0.4 is 5.32 Å². The maximum atomic E-state index is 12.2. The van der Waals surface area contributed by atoms with E-state index >= 15 is 0 Å². The molecule has 118 valence electrons. The first-order chi connectivity index (χ1) is 11.3. The maximum absolute atomic E-state index is 12.2. The Morgan fingerprint density at radius 2 is 2.22 bits per heavy atom. The number of aryl methyl sites for hydroxylation is 1. The summed E-state index contributed by atoms with van der Waals surface area (Å²) < 4.78 is 6.93. The van der Waals surface area contributed by atoms with Gasteiger partial charge in [-0.15, -0.1) is 5.10 Å². The zero-order valence-corrected chi connectivity index (χ0v) is 12.8. The van der Waals surface area contributed by atoms with Gasteiger partial charge >= 0.3 is 0 Å². The first kappa shape index (κ1) is 15.0. The zero-order chi connectivity index (χ0) is 16.1. The third kappa shape index (κ3) is 3.45. The second-order valence-electron chi connectivity index (χ2n) is 4.98. The number of nitrogens with zero attached hydrogens (tertiary/aromatic N) is 4. The minimum atomic E-state index is -0.131. The molecule has 2 aromatic heterocycles. The lowest BCUT2D eigenvalue weighted by molar-refractivity contribution is 0.0953. The Labute approximate surface area is 133 Å². The fourth-order valence-electron chi connectivity index (χ4n) is 2.28. The van der Waals surface area contributed by atoms with E-state index in [1.54, 1.807) is 23.1 Å². The molecule has 0 radical (unpaired) electrons. The number of amides is 1. The van der Waals surface area contributed by atoms with Crippen molar-refractivity contribution in [2.75, 3.05) is 6.54 Å². The lowest BCUT2D eigenvalue weighted by Crippen LogP contribution is -2.25. The van der Waals surface area contributed by atoms with Crippen molar-refractivity contribution in [2.24, 2.45) is 0 Å². The first-order valence-corrected chi connectivity index (χ1v) is 7.45. The summed E-state index contributed by atoms with van der Waals surface area (Å²) in [5.41, 5.74) is 1.39. The highest BCUT2D eigenvalue weighted by Crippen LogP contribution is 2.17. The van der Waals surface area contributed by atoms with Crippen molar-refractivity contribution in [3.05, 3.63) is 54.0 Å². The summed E-state index contributed by atoms with van der Waals surface area (Å²) in [6, 6.07) is 11.0. The van der Waals surface area contributed by atoms with E-state index in [-0.39, 0.29) is 5.91 Å². The van der Waals surface area contributed by atoms with Gasteiger partial charge in [-0.05, 0) is 41.6 Å². The molecule has 1 aromatic carbocycles.